The van der Waals surface area contributed by atoms with Crippen LogP contribution in [0.1, 0.15) is 290 Å². The molecule has 4 nitrogen and oxygen atoms in total. The molecule has 0 aromatic rings. The standard InChI is InChI=1S/C53H103NO3/c1-3-5-7-9-11-13-15-17-19-21-23-25-27-28-30-32-34-36-38-40-42-44-46-48-52(56)51(50-55)54-53(57)49-47-45-43-41-39-37-35-33-31-29-26-24-22-20-18-16-14-12-10-8-6-4-2/h29,31,46,48,51-52,55-56H,3-28,30,32-45,47,49-50H2,1-2H3,(H,54,57)/b31-29-,48-46+. The molecule has 0 bridgehead atoms. The first-order valence-corrected chi connectivity index (χ1v) is 26.1. The predicted octanol–water partition coefficient (Wildman–Crippen LogP) is 16.8. The van der Waals surface area contributed by atoms with Crippen LogP contribution in [0.2, 0.25) is 0 Å². The van der Waals surface area contributed by atoms with Crippen LogP contribution in [0.25, 0.3) is 0 Å². The molecule has 338 valence electrons. The minimum atomic E-state index is -0.840. The first-order valence-electron chi connectivity index (χ1n) is 26.1. The van der Waals surface area contributed by atoms with Gasteiger partial charge in [0.2, 0.25) is 5.91 Å². The molecule has 0 aliphatic rings. The van der Waals surface area contributed by atoms with Crippen molar-refractivity contribution in [2.75, 3.05) is 6.61 Å². The Balaban J connectivity index is 3.51. The third kappa shape index (κ3) is 45.8. The molecule has 0 heterocycles. The Hall–Kier alpha value is -1.13. The SMILES string of the molecule is CCCCCCCCCCCCC/C=C\CCCCCCCCCC(=O)NC(CO)C(O)/C=C/CCCCCCCCCCCCCCCCCCCCCCC. The number of carbonyl (C=O) groups excluding carboxylic acids is 1. The van der Waals surface area contributed by atoms with Crippen molar-refractivity contribution in [2.45, 2.75) is 302 Å². The Labute approximate surface area is 358 Å². The van der Waals surface area contributed by atoms with E-state index in [2.05, 4.69) is 31.3 Å². The second kappa shape index (κ2) is 49.2. The van der Waals surface area contributed by atoms with Gasteiger partial charge in [0.1, 0.15) is 0 Å². The van der Waals surface area contributed by atoms with Crippen LogP contribution >= 0.6 is 0 Å². The number of hydrogen-bond donors (Lipinski definition) is 3. The molecule has 0 aliphatic carbocycles. The molecular formula is C53H103NO3. The Bertz CT molecular complexity index is 825. The van der Waals surface area contributed by atoms with E-state index in [9.17, 15) is 15.0 Å². The smallest absolute Gasteiger partial charge is 0.220 e. The van der Waals surface area contributed by atoms with Gasteiger partial charge in [-0.15, -0.1) is 0 Å². The molecule has 0 aromatic carbocycles. The Morgan fingerprint density at radius 3 is 0.965 bits per heavy atom. The van der Waals surface area contributed by atoms with Gasteiger partial charge in [-0.05, 0) is 44.9 Å². The lowest BCUT2D eigenvalue weighted by atomic mass is 10.0. The summed E-state index contributed by atoms with van der Waals surface area (Å²) in [6.45, 7) is 4.34. The first-order chi connectivity index (χ1) is 28.2. The summed E-state index contributed by atoms with van der Waals surface area (Å²) < 4.78 is 0. The van der Waals surface area contributed by atoms with Gasteiger partial charge in [0, 0.05) is 6.42 Å². The summed E-state index contributed by atoms with van der Waals surface area (Å²) in [5.74, 6) is -0.0641. The molecule has 2 unspecified atom stereocenters. The monoisotopic (exact) mass is 802 g/mol. The van der Waals surface area contributed by atoms with Gasteiger partial charge < -0.3 is 15.5 Å². The highest BCUT2D eigenvalue weighted by Gasteiger charge is 2.18. The summed E-state index contributed by atoms with van der Waals surface area (Å²) in [5, 5.41) is 23.1. The minimum Gasteiger partial charge on any atom is -0.394 e. The van der Waals surface area contributed by atoms with Crippen molar-refractivity contribution >= 4 is 5.91 Å². The molecule has 2 atom stereocenters. The van der Waals surface area contributed by atoms with Crippen molar-refractivity contribution in [3.8, 4) is 0 Å². The molecule has 0 rings (SSSR count). The van der Waals surface area contributed by atoms with Gasteiger partial charge in [-0.25, -0.2) is 0 Å². The fourth-order valence-corrected chi connectivity index (χ4v) is 8.18. The molecule has 0 saturated heterocycles. The van der Waals surface area contributed by atoms with Crippen LogP contribution in [-0.2, 0) is 4.79 Å². The molecule has 0 saturated carbocycles. The van der Waals surface area contributed by atoms with Crippen molar-refractivity contribution in [3.63, 3.8) is 0 Å². The van der Waals surface area contributed by atoms with Gasteiger partial charge in [0.15, 0.2) is 0 Å². The van der Waals surface area contributed by atoms with Gasteiger partial charge in [-0.2, -0.15) is 0 Å². The molecule has 4 heteroatoms. The van der Waals surface area contributed by atoms with Crippen LogP contribution in [0.4, 0.5) is 0 Å². The van der Waals surface area contributed by atoms with Crippen LogP contribution in [-0.4, -0.2) is 34.9 Å². The van der Waals surface area contributed by atoms with E-state index in [0.717, 1.165) is 25.7 Å². The van der Waals surface area contributed by atoms with Gasteiger partial charge in [0.05, 0.1) is 18.8 Å². The van der Waals surface area contributed by atoms with Crippen molar-refractivity contribution in [3.05, 3.63) is 24.3 Å². The zero-order chi connectivity index (χ0) is 41.4. The molecule has 1 amide bonds. The van der Waals surface area contributed by atoms with E-state index < -0.39 is 12.1 Å². The number of allylic oxidation sites excluding steroid dienone is 3. The second-order valence-corrected chi connectivity index (χ2v) is 17.9. The summed E-state index contributed by atoms with van der Waals surface area (Å²) in [7, 11) is 0. The maximum Gasteiger partial charge on any atom is 0.220 e. The third-order valence-corrected chi connectivity index (χ3v) is 12.2. The molecule has 57 heavy (non-hydrogen) atoms. The van der Waals surface area contributed by atoms with Gasteiger partial charge >= 0.3 is 0 Å². The summed E-state index contributed by atoms with van der Waals surface area (Å²) >= 11 is 0. The zero-order valence-electron chi connectivity index (χ0n) is 38.9. The summed E-state index contributed by atoms with van der Waals surface area (Å²) in [6, 6.07) is -0.623. The summed E-state index contributed by atoms with van der Waals surface area (Å²) in [6.07, 6.45) is 64.6. The summed E-state index contributed by atoms with van der Waals surface area (Å²) in [4.78, 5) is 12.4. The average Bonchev–Trinajstić information content (AvgIpc) is 3.22. The lowest BCUT2D eigenvalue weighted by Crippen LogP contribution is -2.45. The first kappa shape index (κ1) is 55.9. The predicted molar refractivity (Wildman–Crippen MR) is 253 cm³/mol. The van der Waals surface area contributed by atoms with Crippen LogP contribution in [0.5, 0.6) is 0 Å². The number of aliphatic hydroxyl groups is 2. The number of aliphatic hydroxyl groups excluding tert-OH is 2. The maximum atomic E-state index is 12.4. The second-order valence-electron chi connectivity index (χ2n) is 17.9. The summed E-state index contributed by atoms with van der Waals surface area (Å²) in [5.41, 5.74) is 0. The van der Waals surface area contributed by atoms with Crippen molar-refractivity contribution in [1.82, 2.24) is 5.32 Å². The average molecular weight is 802 g/mol. The number of carbonyl (C=O) groups is 1. The lowest BCUT2D eigenvalue weighted by molar-refractivity contribution is -0.123. The lowest BCUT2D eigenvalue weighted by Gasteiger charge is -2.20. The van der Waals surface area contributed by atoms with E-state index in [-0.39, 0.29) is 12.5 Å². The molecule has 0 spiro atoms. The molecule has 0 radical (unpaired) electrons. The number of nitrogens with one attached hydrogen (secondary N) is 1. The maximum absolute atomic E-state index is 12.4. The zero-order valence-corrected chi connectivity index (χ0v) is 38.9. The molecule has 0 fully saturated rings. The Morgan fingerprint density at radius 2 is 0.667 bits per heavy atom. The van der Waals surface area contributed by atoms with E-state index >= 15 is 0 Å². The van der Waals surface area contributed by atoms with Crippen LogP contribution in [0, 0.1) is 0 Å². The van der Waals surface area contributed by atoms with Crippen molar-refractivity contribution in [1.29, 1.82) is 0 Å². The van der Waals surface area contributed by atoms with Crippen molar-refractivity contribution in [2.24, 2.45) is 0 Å². The number of hydrogen-bond acceptors (Lipinski definition) is 3. The van der Waals surface area contributed by atoms with E-state index in [0.29, 0.717) is 6.42 Å². The van der Waals surface area contributed by atoms with Crippen LogP contribution in [0.3, 0.4) is 0 Å². The molecular weight excluding hydrogens is 699 g/mol. The highest BCUT2D eigenvalue weighted by Crippen LogP contribution is 2.17. The van der Waals surface area contributed by atoms with E-state index in [1.54, 1.807) is 6.08 Å². The largest absolute Gasteiger partial charge is 0.394 e. The van der Waals surface area contributed by atoms with E-state index in [1.807, 2.05) is 6.08 Å². The fourth-order valence-electron chi connectivity index (χ4n) is 8.18. The minimum absolute atomic E-state index is 0.0641. The van der Waals surface area contributed by atoms with Crippen LogP contribution < -0.4 is 5.32 Å². The Kier molecular flexibility index (Phi) is 48.3. The topological polar surface area (TPSA) is 69.6 Å². The molecule has 0 aliphatic heterocycles. The highest BCUT2D eigenvalue weighted by atomic mass is 16.3. The highest BCUT2D eigenvalue weighted by molar-refractivity contribution is 5.76. The van der Waals surface area contributed by atoms with Gasteiger partial charge in [-0.1, -0.05) is 263 Å². The number of rotatable bonds is 48. The van der Waals surface area contributed by atoms with Crippen LogP contribution in [0.15, 0.2) is 24.3 Å². The van der Waals surface area contributed by atoms with Crippen molar-refractivity contribution < 1.29 is 15.0 Å². The van der Waals surface area contributed by atoms with E-state index in [1.165, 1.54) is 244 Å². The normalized spacial score (nSPS) is 13.0. The molecule has 3 N–H and O–H groups in total. The van der Waals surface area contributed by atoms with E-state index in [4.69, 9.17) is 0 Å². The number of unbranched alkanes of at least 4 members (excludes halogenated alkanes) is 39. The third-order valence-electron chi connectivity index (χ3n) is 12.2. The molecule has 0 aromatic heterocycles. The Morgan fingerprint density at radius 1 is 0.404 bits per heavy atom. The van der Waals surface area contributed by atoms with Gasteiger partial charge in [0.25, 0.3) is 0 Å². The number of amides is 1. The quantitative estimate of drug-likeness (QED) is 0.0424. The fraction of sp³-hybridized carbons (Fsp3) is 0.906. The van der Waals surface area contributed by atoms with Gasteiger partial charge in [-0.3, -0.25) is 4.79 Å².